The van der Waals surface area contributed by atoms with E-state index in [2.05, 4.69) is 51.2 Å². The van der Waals surface area contributed by atoms with Crippen molar-refractivity contribution in [3.8, 4) is 0 Å². The van der Waals surface area contributed by atoms with E-state index in [0.717, 1.165) is 29.7 Å². The van der Waals surface area contributed by atoms with Crippen LogP contribution in [0, 0.1) is 5.92 Å². The van der Waals surface area contributed by atoms with Crippen LogP contribution in [0.5, 0.6) is 0 Å². The summed E-state index contributed by atoms with van der Waals surface area (Å²) in [6, 6.07) is 10.6. The fourth-order valence-electron chi connectivity index (χ4n) is 5.27. The molecule has 2 aromatic heterocycles. The van der Waals surface area contributed by atoms with Crippen LogP contribution >= 0.6 is 0 Å². The standard InChI is InChI=1S/C23H29N5O4S/c1-3-14-10-15-6-4-5-7-17(15)21(14)27-22-18-8-9-28(23(18)26-13-25-22)16-11-19(29)20(12-16)32-33(30,31)24-2/h4-9,13-14,16,19-21,24,29H,3,10-12H2,1-2H3,(H,25,26,27)/t14-,16-,19+,20+,21-/m0/s1. The average molecular weight is 472 g/mol. The summed E-state index contributed by atoms with van der Waals surface area (Å²) in [5.74, 6) is 1.27. The van der Waals surface area contributed by atoms with Crippen molar-refractivity contribution in [2.24, 2.45) is 5.92 Å². The quantitative estimate of drug-likeness (QED) is 0.485. The van der Waals surface area contributed by atoms with E-state index in [0.29, 0.717) is 18.8 Å². The van der Waals surface area contributed by atoms with Crippen LogP contribution < -0.4 is 10.0 Å². The van der Waals surface area contributed by atoms with Gasteiger partial charge in [-0.2, -0.15) is 13.1 Å². The smallest absolute Gasteiger partial charge is 0.335 e. The number of rotatable bonds is 7. The molecule has 1 fully saturated rings. The normalized spacial score (nSPS) is 27.2. The van der Waals surface area contributed by atoms with Crippen molar-refractivity contribution in [3.63, 3.8) is 0 Å². The van der Waals surface area contributed by atoms with Crippen molar-refractivity contribution in [1.82, 2.24) is 19.3 Å². The molecule has 5 rings (SSSR count). The summed E-state index contributed by atoms with van der Waals surface area (Å²) in [6.07, 6.45) is 4.67. The lowest BCUT2D eigenvalue weighted by atomic mass is 9.98. The highest BCUT2D eigenvalue weighted by Crippen LogP contribution is 2.41. The van der Waals surface area contributed by atoms with Crippen molar-refractivity contribution < 1.29 is 17.7 Å². The minimum atomic E-state index is -3.88. The van der Waals surface area contributed by atoms with Crippen LogP contribution in [-0.2, 0) is 20.9 Å². The predicted molar refractivity (Wildman–Crippen MR) is 125 cm³/mol. The van der Waals surface area contributed by atoms with Crippen LogP contribution in [0.1, 0.15) is 49.4 Å². The monoisotopic (exact) mass is 471 g/mol. The maximum absolute atomic E-state index is 11.8. The number of nitrogens with zero attached hydrogens (tertiary/aromatic N) is 3. The molecule has 0 spiro atoms. The lowest BCUT2D eigenvalue weighted by Gasteiger charge is -2.22. The third-order valence-corrected chi connectivity index (χ3v) is 8.01. The first-order chi connectivity index (χ1) is 15.9. The Bertz CT molecular complexity index is 1260. The summed E-state index contributed by atoms with van der Waals surface area (Å²) >= 11 is 0. The minimum absolute atomic E-state index is 0.132. The van der Waals surface area contributed by atoms with Crippen LogP contribution in [0.4, 0.5) is 5.82 Å². The van der Waals surface area contributed by atoms with Crippen molar-refractivity contribution in [2.75, 3.05) is 12.4 Å². The lowest BCUT2D eigenvalue weighted by Crippen LogP contribution is -2.31. The fourth-order valence-corrected chi connectivity index (χ4v) is 5.90. The number of hydrogen-bond donors (Lipinski definition) is 3. The first-order valence-electron chi connectivity index (χ1n) is 11.4. The average Bonchev–Trinajstić information content (AvgIpc) is 3.49. The molecule has 2 heterocycles. The fraction of sp³-hybridized carbons (Fsp3) is 0.478. The molecule has 1 saturated carbocycles. The van der Waals surface area contributed by atoms with Gasteiger partial charge in [0.2, 0.25) is 0 Å². The van der Waals surface area contributed by atoms with Gasteiger partial charge in [-0.15, -0.1) is 0 Å². The second kappa shape index (κ2) is 8.68. The van der Waals surface area contributed by atoms with Gasteiger partial charge < -0.3 is 15.0 Å². The summed E-state index contributed by atoms with van der Waals surface area (Å²) < 4.78 is 32.8. The Labute approximate surface area is 193 Å². The Morgan fingerprint density at radius 2 is 2.03 bits per heavy atom. The van der Waals surface area contributed by atoms with Gasteiger partial charge in [0.25, 0.3) is 0 Å². The molecule has 5 atom stereocenters. The van der Waals surface area contributed by atoms with Crippen molar-refractivity contribution in [2.45, 2.75) is 56.9 Å². The number of nitrogens with one attached hydrogen (secondary N) is 2. The molecule has 3 N–H and O–H groups in total. The molecule has 0 unspecified atom stereocenters. The number of aromatic nitrogens is 3. The van der Waals surface area contributed by atoms with E-state index < -0.39 is 22.5 Å². The number of benzene rings is 1. The molecule has 3 aromatic rings. The van der Waals surface area contributed by atoms with E-state index in [1.165, 1.54) is 18.2 Å². The minimum Gasteiger partial charge on any atom is -0.390 e. The summed E-state index contributed by atoms with van der Waals surface area (Å²) in [4.78, 5) is 9.05. The molecule has 0 bridgehead atoms. The maximum atomic E-state index is 11.8. The molecule has 1 aromatic carbocycles. The van der Waals surface area contributed by atoms with Crippen molar-refractivity contribution in [3.05, 3.63) is 54.0 Å². The highest BCUT2D eigenvalue weighted by molar-refractivity contribution is 7.84. The Morgan fingerprint density at radius 1 is 1.21 bits per heavy atom. The summed E-state index contributed by atoms with van der Waals surface area (Å²) in [7, 11) is -2.60. The van der Waals surface area contributed by atoms with E-state index in [-0.39, 0.29) is 12.1 Å². The van der Waals surface area contributed by atoms with E-state index in [4.69, 9.17) is 4.18 Å². The highest BCUT2D eigenvalue weighted by atomic mass is 32.2. The predicted octanol–water partition coefficient (Wildman–Crippen LogP) is 2.71. The zero-order chi connectivity index (χ0) is 23.2. The van der Waals surface area contributed by atoms with Gasteiger partial charge in [-0.1, -0.05) is 37.6 Å². The van der Waals surface area contributed by atoms with Gasteiger partial charge in [0.15, 0.2) is 0 Å². The third kappa shape index (κ3) is 4.12. The summed E-state index contributed by atoms with van der Waals surface area (Å²) in [5.41, 5.74) is 3.45. The third-order valence-electron chi connectivity index (χ3n) is 7.01. The number of aliphatic hydroxyl groups excluding tert-OH is 1. The molecule has 2 aliphatic carbocycles. The second-order valence-corrected chi connectivity index (χ2v) is 10.4. The molecule has 9 nitrogen and oxygen atoms in total. The summed E-state index contributed by atoms with van der Waals surface area (Å²) in [6.45, 7) is 2.22. The molecule has 2 aliphatic rings. The molecule has 33 heavy (non-hydrogen) atoms. The Morgan fingerprint density at radius 3 is 2.82 bits per heavy atom. The molecular weight excluding hydrogens is 442 g/mol. The molecule has 10 heteroatoms. The second-order valence-electron chi connectivity index (χ2n) is 8.86. The Balaban J connectivity index is 1.41. The van der Waals surface area contributed by atoms with Gasteiger partial charge in [0.05, 0.1) is 17.5 Å². The Kier molecular flexibility index (Phi) is 5.86. The molecule has 0 amide bonds. The molecule has 0 aliphatic heterocycles. The zero-order valence-corrected chi connectivity index (χ0v) is 19.5. The maximum Gasteiger partial charge on any atom is 0.335 e. The molecule has 176 valence electrons. The summed E-state index contributed by atoms with van der Waals surface area (Å²) in [5, 5.41) is 15.0. The van der Waals surface area contributed by atoms with Gasteiger partial charge in [0.1, 0.15) is 23.9 Å². The van der Waals surface area contributed by atoms with Crippen molar-refractivity contribution in [1.29, 1.82) is 0 Å². The number of fused-ring (bicyclic) bond motifs is 2. The van der Waals surface area contributed by atoms with Crippen LogP contribution in [0.2, 0.25) is 0 Å². The number of aliphatic hydroxyl groups is 1. The topological polar surface area (TPSA) is 118 Å². The van der Waals surface area contributed by atoms with Gasteiger partial charge in [-0.25, -0.2) is 9.97 Å². The van der Waals surface area contributed by atoms with Crippen LogP contribution in [0.25, 0.3) is 11.0 Å². The largest absolute Gasteiger partial charge is 0.390 e. The number of hydrogen-bond acceptors (Lipinski definition) is 7. The van der Waals surface area contributed by atoms with E-state index >= 15 is 0 Å². The van der Waals surface area contributed by atoms with E-state index in [1.54, 1.807) is 6.33 Å². The SMILES string of the molecule is CC[C@H]1Cc2ccccc2[C@H]1Nc1ncnc2c1ccn2[C@H]1C[C@@H](O)[C@H](OS(=O)(=O)NC)C1. The van der Waals surface area contributed by atoms with Gasteiger partial charge >= 0.3 is 10.3 Å². The lowest BCUT2D eigenvalue weighted by molar-refractivity contribution is 0.0635. The van der Waals surface area contributed by atoms with Crippen LogP contribution in [0.15, 0.2) is 42.9 Å². The molecule has 0 radical (unpaired) electrons. The van der Waals surface area contributed by atoms with Gasteiger partial charge in [0, 0.05) is 19.3 Å². The van der Waals surface area contributed by atoms with Gasteiger partial charge in [-0.05, 0) is 42.4 Å². The number of anilines is 1. The zero-order valence-electron chi connectivity index (χ0n) is 18.7. The van der Waals surface area contributed by atoms with E-state index in [9.17, 15) is 13.5 Å². The van der Waals surface area contributed by atoms with Crippen LogP contribution in [-0.4, -0.2) is 47.3 Å². The Hall–Kier alpha value is -2.53. The van der Waals surface area contributed by atoms with Gasteiger partial charge in [-0.3, -0.25) is 4.18 Å². The molecular formula is C23H29N5O4S. The first-order valence-corrected chi connectivity index (χ1v) is 12.8. The molecule has 0 saturated heterocycles. The van der Waals surface area contributed by atoms with Crippen molar-refractivity contribution >= 4 is 27.2 Å². The van der Waals surface area contributed by atoms with E-state index in [1.807, 2.05) is 16.8 Å². The highest BCUT2D eigenvalue weighted by Gasteiger charge is 2.38. The van der Waals surface area contributed by atoms with Crippen LogP contribution in [0.3, 0.4) is 0 Å². The first kappa shape index (κ1) is 22.3.